The minimum absolute atomic E-state index is 0.0857. The second-order valence-electron chi connectivity index (χ2n) is 3.94. The van der Waals surface area contributed by atoms with Gasteiger partial charge in [0, 0.05) is 25.0 Å². The van der Waals surface area contributed by atoms with Crippen LogP contribution in [0.1, 0.15) is 24.2 Å². The lowest BCUT2D eigenvalue weighted by molar-refractivity contribution is 0.0922. The molecule has 1 heterocycles. The van der Waals surface area contributed by atoms with Gasteiger partial charge in [-0.1, -0.05) is 13.8 Å². The first kappa shape index (κ1) is 11.0. The van der Waals surface area contributed by atoms with Crippen LogP contribution in [0.4, 0.5) is 0 Å². The molecule has 0 bridgehead atoms. The third kappa shape index (κ3) is 2.23. The molecule has 78 valence electrons. The molecule has 3 nitrogen and oxygen atoms in total. The van der Waals surface area contributed by atoms with E-state index in [-0.39, 0.29) is 11.8 Å². The van der Waals surface area contributed by atoms with Gasteiger partial charge in [0.25, 0.3) is 0 Å². The zero-order valence-corrected chi connectivity index (χ0v) is 9.24. The molecule has 3 heteroatoms. The fourth-order valence-electron chi connectivity index (χ4n) is 1.60. The highest BCUT2D eigenvalue weighted by atomic mass is 16.1. The monoisotopic (exact) mass is 194 g/mol. The SMILES string of the molecule is CNC(C(=O)c1ccn(C)c1)C(C)C. The zero-order chi connectivity index (χ0) is 10.7. The molecule has 14 heavy (non-hydrogen) atoms. The summed E-state index contributed by atoms with van der Waals surface area (Å²) >= 11 is 0. The number of hydrogen-bond donors (Lipinski definition) is 1. The number of Topliss-reactive ketones (excluding diaryl/α,β-unsaturated/α-hetero) is 1. The van der Waals surface area contributed by atoms with Crippen molar-refractivity contribution in [2.45, 2.75) is 19.9 Å². The molecule has 0 saturated carbocycles. The largest absolute Gasteiger partial charge is 0.357 e. The van der Waals surface area contributed by atoms with Crippen LogP contribution in [0.2, 0.25) is 0 Å². The van der Waals surface area contributed by atoms with Crippen molar-refractivity contribution in [2.75, 3.05) is 7.05 Å². The Morgan fingerprint density at radius 3 is 2.50 bits per heavy atom. The Hall–Kier alpha value is -1.09. The van der Waals surface area contributed by atoms with Crippen LogP contribution in [0.3, 0.4) is 0 Å². The molecule has 1 atom stereocenters. The predicted molar refractivity (Wildman–Crippen MR) is 57.4 cm³/mol. The average molecular weight is 194 g/mol. The van der Waals surface area contributed by atoms with Crippen LogP contribution in [0.5, 0.6) is 0 Å². The molecule has 0 radical (unpaired) electrons. The van der Waals surface area contributed by atoms with Crippen molar-refractivity contribution in [2.24, 2.45) is 13.0 Å². The number of aromatic nitrogens is 1. The van der Waals surface area contributed by atoms with Crippen molar-refractivity contribution in [3.8, 4) is 0 Å². The first-order valence-corrected chi connectivity index (χ1v) is 4.89. The van der Waals surface area contributed by atoms with E-state index in [1.54, 1.807) is 0 Å². The quantitative estimate of drug-likeness (QED) is 0.736. The highest BCUT2D eigenvalue weighted by Crippen LogP contribution is 2.10. The van der Waals surface area contributed by atoms with E-state index in [0.717, 1.165) is 5.56 Å². The van der Waals surface area contributed by atoms with Gasteiger partial charge >= 0.3 is 0 Å². The summed E-state index contributed by atoms with van der Waals surface area (Å²) < 4.78 is 1.89. The molecule has 1 aromatic heterocycles. The highest BCUT2D eigenvalue weighted by Gasteiger charge is 2.21. The second-order valence-corrected chi connectivity index (χ2v) is 3.94. The average Bonchev–Trinajstić information content (AvgIpc) is 2.52. The molecule has 0 aliphatic heterocycles. The van der Waals surface area contributed by atoms with Gasteiger partial charge < -0.3 is 9.88 Å². The van der Waals surface area contributed by atoms with E-state index in [4.69, 9.17) is 0 Å². The summed E-state index contributed by atoms with van der Waals surface area (Å²) in [6.45, 7) is 4.09. The van der Waals surface area contributed by atoms with Crippen molar-refractivity contribution in [1.82, 2.24) is 9.88 Å². The fourth-order valence-corrected chi connectivity index (χ4v) is 1.60. The van der Waals surface area contributed by atoms with Gasteiger partial charge in [0.15, 0.2) is 5.78 Å². The van der Waals surface area contributed by atoms with Gasteiger partial charge in [-0.25, -0.2) is 0 Å². The Bertz CT molecular complexity index is 315. The molecular weight excluding hydrogens is 176 g/mol. The van der Waals surface area contributed by atoms with E-state index in [1.165, 1.54) is 0 Å². The Balaban J connectivity index is 2.83. The van der Waals surface area contributed by atoms with Gasteiger partial charge in [-0.05, 0) is 19.0 Å². The van der Waals surface area contributed by atoms with Crippen LogP contribution in [-0.4, -0.2) is 23.4 Å². The van der Waals surface area contributed by atoms with Crippen molar-refractivity contribution in [3.63, 3.8) is 0 Å². The summed E-state index contributed by atoms with van der Waals surface area (Å²) in [4.78, 5) is 12.0. The normalized spacial score (nSPS) is 13.2. The third-order valence-corrected chi connectivity index (χ3v) is 2.38. The number of nitrogens with one attached hydrogen (secondary N) is 1. The van der Waals surface area contributed by atoms with Crippen molar-refractivity contribution >= 4 is 5.78 Å². The summed E-state index contributed by atoms with van der Waals surface area (Å²) in [7, 11) is 3.74. The van der Waals surface area contributed by atoms with E-state index in [2.05, 4.69) is 5.32 Å². The minimum atomic E-state index is -0.0857. The summed E-state index contributed by atoms with van der Waals surface area (Å²) in [5.74, 6) is 0.482. The molecule has 0 spiro atoms. The van der Waals surface area contributed by atoms with Crippen LogP contribution in [0, 0.1) is 5.92 Å². The van der Waals surface area contributed by atoms with Crippen LogP contribution < -0.4 is 5.32 Å². The van der Waals surface area contributed by atoms with E-state index in [9.17, 15) is 4.79 Å². The molecule has 0 fully saturated rings. The van der Waals surface area contributed by atoms with Crippen LogP contribution in [0.15, 0.2) is 18.5 Å². The second kappa shape index (κ2) is 4.42. The van der Waals surface area contributed by atoms with Crippen LogP contribution in [-0.2, 0) is 7.05 Å². The number of aryl methyl sites for hydroxylation is 1. The van der Waals surface area contributed by atoms with Crippen molar-refractivity contribution in [3.05, 3.63) is 24.0 Å². The summed E-state index contributed by atoms with van der Waals surface area (Å²) in [6.07, 6.45) is 3.75. The Kier molecular flexibility index (Phi) is 3.47. The molecule has 1 rings (SSSR count). The molecule has 1 N–H and O–H groups in total. The van der Waals surface area contributed by atoms with Crippen LogP contribution >= 0.6 is 0 Å². The standard InChI is InChI=1S/C11H18N2O/c1-8(2)10(12-3)11(14)9-5-6-13(4)7-9/h5-8,10,12H,1-4H3. The summed E-state index contributed by atoms with van der Waals surface area (Å²) in [6, 6.07) is 1.77. The van der Waals surface area contributed by atoms with Gasteiger partial charge in [-0.2, -0.15) is 0 Å². The van der Waals surface area contributed by atoms with E-state index < -0.39 is 0 Å². The van der Waals surface area contributed by atoms with Gasteiger partial charge in [0.2, 0.25) is 0 Å². The van der Waals surface area contributed by atoms with Crippen molar-refractivity contribution in [1.29, 1.82) is 0 Å². The molecule has 0 aliphatic rings. The number of nitrogens with zero attached hydrogens (tertiary/aromatic N) is 1. The van der Waals surface area contributed by atoms with E-state index in [0.29, 0.717) is 5.92 Å². The van der Waals surface area contributed by atoms with E-state index in [1.807, 2.05) is 51.0 Å². The molecule has 0 aromatic carbocycles. The zero-order valence-electron chi connectivity index (χ0n) is 9.24. The number of carbonyl (C=O) groups excluding carboxylic acids is 1. The number of ketones is 1. The fraction of sp³-hybridized carbons (Fsp3) is 0.545. The maximum absolute atomic E-state index is 12.0. The molecule has 1 unspecified atom stereocenters. The Morgan fingerprint density at radius 1 is 1.50 bits per heavy atom. The number of rotatable bonds is 4. The predicted octanol–water partition coefficient (Wildman–Crippen LogP) is 1.45. The van der Waals surface area contributed by atoms with Gasteiger partial charge in [0.05, 0.1) is 6.04 Å². The highest BCUT2D eigenvalue weighted by molar-refractivity contribution is 6.00. The molecule has 1 aromatic rings. The maximum Gasteiger partial charge on any atom is 0.181 e. The van der Waals surface area contributed by atoms with Gasteiger partial charge in [-0.15, -0.1) is 0 Å². The van der Waals surface area contributed by atoms with Gasteiger partial charge in [-0.3, -0.25) is 4.79 Å². The molecule has 0 aliphatic carbocycles. The minimum Gasteiger partial charge on any atom is -0.357 e. The molecule has 0 amide bonds. The summed E-state index contributed by atoms with van der Waals surface area (Å²) in [5.41, 5.74) is 0.778. The lowest BCUT2D eigenvalue weighted by Gasteiger charge is -2.17. The Labute approximate surface area is 85.1 Å². The first-order chi connectivity index (χ1) is 6.56. The number of hydrogen-bond acceptors (Lipinski definition) is 2. The third-order valence-electron chi connectivity index (χ3n) is 2.38. The number of carbonyl (C=O) groups is 1. The lowest BCUT2D eigenvalue weighted by atomic mass is 9.97. The number of likely N-dealkylation sites (N-methyl/N-ethyl adjacent to an activating group) is 1. The molecule has 0 saturated heterocycles. The smallest absolute Gasteiger partial charge is 0.181 e. The topological polar surface area (TPSA) is 34.0 Å². The van der Waals surface area contributed by atoms with E-state index >= 15 is 0 Å². The van der Waals surface area contributed by atoms with Crippen molar-refractivity contribution < 1.29 is 4.79 Å². The Morgan fingerprint density at radius 2 is 2.14 bits per heavy atom. The lowest BCUT2D eigenvalue weighted by Crippen LogP contribution is -2.38. The maximum atomic E-state index is 12.0. The van der Waals surface area contributed by atoms with Gasteiger partial charge in [0.1, 0.15) is 0 Å². The summed E-state index contributed by atoms with van der Waals surface area (Å²) in [5, 5.41) is 3.05. The van der Waals surface area contributed by atoms with Crippen LogP contribution in [0.25, 0.3) is 0 Å². The first-order valence-electron chi connectivity index (χ1n) is 4.89. The molecular formula is C11H18N2O.